The zero-order valence-electron chi connectivity index (χ0n) is 13.9. The van der Waals surface area contributed by atoms with E-state index in [1.54, 1.807) is 0 Å². The normalized spacial score (nSPS) is 27.5. The molecule has 0 amide bonds. The minimum Gasteiger partial charge on any atom is -0.387 e. The van der Waals surface area contributed by atoms with E-state index in [0.717, 1.165) is 39.0 Å². The molecule has 3 aliphatic rings. The summed E-state index contributed by atoms with van der Waals surface area (Å²) in [6, 6.07) is 10.3. The van der Waals surface area contributed by atoms with Crippen LogP contribution < -0.4 is 4.90 Å². The molecule has 5 nitrogen and oxygen atoms in total. The third-order valence-electron chi connectivity index (χ3n) is 5.27. The van der Waals surface area contributed by atoms with Crippen molar-refractivity contribution in [2.45, 2.75) is 31.7 Å². The highest BCUT2D eigenvalue weighted by Gasteiger charge is 2.39. The first-order valence-electron chi connectivity index (χ1n) is 8.80. The van der Waals surface area contributed by atoms with E-state index in [2.05, 4.69) is 21.9 Å². The molecule has 1 fully saturated rings. The summed E-state index contributed by atoms with van der Waals surface area (Å²) in [6.07, 6.45) is 4.22. The lowest BCUT2D eigenvalue weighted by Crippen LogP contribution is -2.51. The van der Waals surface area contributed by atoms with Gasteiger partial charge in [-0.2, -0.15) is 8.42 Å². The summed E-state index contributed by atoms with van der Waals surface area (Å²) < 4.78 is 29.8. The number of piperidine rings is 1. The molecule has 3 heterocycles. The Morgan fingerprint density at radius 3 is 2.50 bits per heavy atom. The van der Waals surface area contributed by atoms with Gasteiger partial charge in [-0.15, -0.1) is 0 Å². The van der Waals surface area contributed by atoms with Crippen LogP contribution in [0.15, 0.2) is 41.7 Å². The van der Waals surface area contributed by atoms with Gasteiger partial charge in [0.15, 0.2) is 0 Å². The molecule has 0 saturated carbocycles. The molecule has 1 aromatic carbocycles. The van der Waals surface area contributed by atoms with Crippen LogP contribution in [0, 0.1) is 0 Å². The number of hydrogen-bond donors (Lipinski definition) is 0. The monoisotopic (exact) mass is 348 g/mol. The summed E-state index contributed by atoms with van der Waals surface area (Å²) in [5.74, 6) is 0.790. The molecular formula is C18H24N2O3S. The van der Waals surface area contributed by atoms with E-state index >= 15 is 0 Å². The maximum Gasteiger partial charge on any atom is 0.310 e. The Bertz CT molecular complexity index is 724. The highest BCUT2D eigenvalue weighted by atomic mass is 32.2. The van der Waals surface area contributed by atoms with E-state index in [1.165, 1.54) is 17.7 Å². The van der Waals surface area contributed by atoms with Crippen molar-refractivity contribution in [3.8, 4) is 0 Å². The summed E-state index contributed by atoms with van der Waals surface area (Å²) in [6.45, 7) is 3.53. The van der Waals surface area contributed by atoms with Crippen molar-refractivity contribution in [3.63, 3.8) is 0 Å². The van der Waals surface area contributed by atoms with Crippen LogP contribution in [0.5, 0.6) is 0 Å². The third kappa shape index (κ3) is 3.17. The SMILES string of the molecule is O=S1(=O)CC(N2CCCCC2)C2=C(CCN(c3ccccc3)C2)O1. The summed E-state index contributed by atoms with van der Waals surface area (Å²) in [4.78, 5) is 4.68. The molecule has 0 bridgehead atoms. The Morgan fingerprint density at radius 1 is 1.00 bits per heavy atom. The molecule has 0 aliphatic carbocycles. The van der Waals surface area contributed by atoms with Gasteiger partial charge >= 0.3 is 10.1 Å². The molecule has 0 spiro atoms. The largest absolute Gasteiger partial charge is 0.387 e. The second-order valence-corrected chi connectivity index (χ2v) is 8.49. The Labute approximate surface area is 144 Å². The number of rotatable bonds is 2. The molecule has 130 valence electrons. The molecule has 24 heavy (non-hydrogen) atoms. The maximum atomic E-state index is 12.2. The summed E-state index contributed by atoms with van der Waals surface area (Å²) in [5, 5.41) is 0. The van der Waals surface area contributed by atoms with E-state index in [9.17, 15) is 8.42 Å². The first-order valence-corrected chi connectivity index (χ1v) is 10.4. The number of para-hydroxylation sites is 1. The van der Waals surface area contributed by atoms with Gasteiger partial charge in [-0.05, 0) is 38.1 Å². The van der Waals surface area contributed by atoms with Gasteiger partial charge < -0.3 is 9.08 Å². The molecule has 0 N–H and O–H groups in total. The van der Waals surface area contributed by atoms with Crippen molar-refractivity contribution in [3.05, 3.63) is 41.7 Å². The van der Waals surface area contributed by atoms with E-state index in [-0.39, 0.29) is 11.8 Å². The third-order valence-corrected chi connectivity index (χ3v) is 6.45. The zero-order valence-corrected chi connectivity index (χ0v) is 14.7. The topological polar surface area (TPSA) is 49.9 Å². The fraction of sp³-hybridized carbons (Fsp3) is 0.556. The molecule has 0 radical (unpaired) electrons. The van der Waals surface area contributed by atoms with Crippen LogP contribution in [0.3, 0.4) is 0 Å². The average Bonchev–Trinajstić information content (AvgIpc) is 2.61. The second-order valence-electron chi connectivity index (χ2n) is 6.88. The molecule has 1 atom stereocenters. The van der Waals surface area contributed by atoms with Gasteiger partial charge in [0.05, 0.1) is 6.04 Å². The van der Waals surface area contributed by atoms with Crippen LogP contribution in [-0.2, 0) is 14.3 Å². The Kier molecular flexibility index (Phi) is 4.26. The van der Waals surface area contributed by atoms with Gasteiger partial charge in [0.25, 0.3) is 0 Å². The first kappa shape index (κ1) is 16.0. The lowest BCUT2D eigenvalue weighted by atomic mass is 9.97. The fourth-order valence-corrected chi connectivity index (χ4v) is 5.42. The molecule has 1 unspecified atom stereocenters. The van der Waals surface area contributed by atoms with Crippen molar-refractivity contribution in [2.75, 3.05) is 36.8 Å². The lowest BCUT2D eigenvalue weighted by Gasteiger charge is -2.42. The number of hydrogen-bond acceptors (Lipinski definition) is 5. The molecule has 6 heteroatoms. The number of likely N-dealkylation sites (tertiary alicyclic amines) is 1. The Balaban J connectivity index is 1.63. The smallest absolute Gasteiger partial charge is 0.310 e. The maximum absolute atomic E-state index is 12.2. The second kappa shape index (κ2) is 6.41. The van der Waals surface area contributed by atoms with E-state index in [0.29, 0.717) is 12.2 Å². The number of nitrogens with zero attached hydrogens (tertiary/aromatic N) is 2. The van der Waals surface area contributed by atoms with Crippen molar-refractivity contribution >= 4 is 15.8 Å². The quantitative estimate of drug-likeness (QED) is 0.768. The van der Waals surface area contributed by atoms with Crippen LogP contribution in [0.2, 0.25) is 0 Å². The predicted octanol–water partition coefficient (Wildman–Crippen LogP) is 2.37. The average molecular weight is 348 g/mol. The van der Waals surface area contributed by atoms with Gasteiger partial charge in [-0.1, -0.05) is 24.6 Å². The van der Waals surface area contributed by atoms with Gasteiger partial charge in [0.2, 0.25) is 0 Å². The summed E-state index contributed by atoms with van der Waals surface area (Å²) in [5.41, 5.74) is 2.36. The van der Waals surface area contributed by atoms with Gasteiger partial charge in [0, 0.05) is 30.8 Å². The Morgan fingerprint density at radius 2 is 1.75 bits per heavy atom. The van der Waals surface area contributed by atoms with Crippen molar-refractivity contribution in [1.29, 1.82) is 0 Å². The van der Waals surface area contributed by atoms with Crippen LogP contribution in [0.1, 0.15) is 25.7 Å². The minimum absolute atomic E-state index is 0.0226. The van der Waals surface area contributed by atoms with Crippen molar-refractivity contribution in [2.24, 2.45) is 0 Å². The molecule has 3 aliphatic heterocycles. The van der Waals surface area contributed by atoms with Gasteiger partial charge in [0.1, 0.15) is 11.5 Å². The molecule has 1 saturated heterocycles. The van der Waals surface area contributed by atoms with E-state index < -0.39 is 10.1 Å². The number of anilines is 1. The van der Waals surface area contributed by atoms with Crippen LogP contribution >= 0.6 is 0 Å². The standard InChI is InChI=1S/C18H24N2O3S/c21-24(22)14-17(19-10-5-2-6-11-19)16-13-20(12-9-18(16)23-24)15-7-3-1-4-8-15/h1,3-4,7-8,17H,2,5-6,9-14H2. The van der Waals surface area contributed by atoms with Crippen LogP contribution in [0.25, 0.3) is 0 Å². The highest BCUT2D eigenvalue weighted by molar-refractivity contribution is 7.86. The Hall–Kier alpha value is -1.53. The van der Waals surface area contributed by atoms with E-state index in [1.807, 2.05) is 18.2 Å². The van der Waals surface area contributed by atoms with Crippen molar-refractivity contribution in [1.82, 2.24) is 4.90 Å². The van der Waals surface area contributed by atoms with Gasteiger partial charge in [-0.3, -0.25) is 4.90 Å². The highest BCUT2D eigenvalue weighted by Crippen LogP contribution is 2.34. The fourth-order valence-electron chi connectivity index (χ4n) is 4.05. The number of benzene rings is 1. The molecule has 1 aromatic rings. The van der Waals surface area contributed by atoms with Crippen LogP contribution in [-0.4, -0.2) is 51.3 Å². The molecule has 4 rings (SSSR count). The predicted molar refractivity (Wildman–Crippen MR) is 94.4 cm³/mol. The zero-order chi connectivity index (χ0) is 16.6. The molecular weight excluding hydrogens is 324 g/mol. The van der Waals surface area contributed by atoms with Crippen LogP contribution in [0.4, 0.5) is 5.69 Å². The summed E-state index contributed by atoms with van der Waals surface area (Å²) in [7, 11) is -3.45. The molecule has 0 aromatic heterocycles. The minimum atomic E-state index is -3.45. The first-order chi connectivity index (χ1) is 11.6. The van der Waals surface area contributed by atoms with E-state index in [4.69, 9.17) is 4.18 Å². The van der Waals surface area contributed by atoms with Gasteiger partial charge in [-0.25, -0.2) is 0 Å². The van der Waals surface area contributed by atoms with Crippen molar-refractivity contribution < 1.29 is 12.6 Å². The lowest BCUT2D eigenvalue weighted by molar-refractivity contribution is 0.180. The summed E-state index contributed by atoms with van der Waals surface area (Å²) >= 11 is 0.